The van der Waals surface area contributed by atoms with Gasteiger partial charge in [0.2, 0.25) is 5.91 Å². The Labute approximate surface area is 126 Å². The fourth-order valence-electron chi connectivity index (χ4n) is 3.29. The Morgan fingerprint density at radius 3 is 3.19 bits per heavy atom. The van der Waals surface area contributed by atoms with Crippen LogP contribution in [0.1, 0.15) is 43.7 Å². The number of piperidine rings is 1. The molecule has 1 unspecified atom stereocenters. The van der Waals surface area contributed by atoms with E-state index in [1.807, 2.05) is 23.1 Å². The van der Waals surface area contributed by atoms with E-state index >= 15 is 0 Å². The van der Waals surface area contributed by atoms with Crippen molar-refractivity contribution in [1.82, 2.24) is 4.90 Å². The average molecular weight is 285 g/mol. The maximum Gasteiger partial charge on any atom is 0.246 e. The summed E-state index contributed by atoms with van der Waals surface area (Å²) in [6, 6.07) is 6.56. The number of carbonyl (C=O) groups excluding carboxylic acids is 1. The van der Waals surface area contributed by atoms with Gasteiger partial charge >= 0.3 is 0 Å². The van der Waals surface area contributed by atoms with E-state index in [0.717, 1.165) is 50.1 Å². The standard InChI is InChI=1S/C18H23NO2/c1-2-16-5-3-4-11-19(16)18(20)9-7-14-6-8-17-15(13-14)10-12-21-17/h6-9,13,16H,2-5,10-12H2,1H3/b9-7+. The van der Waals surface area contributed by atoms with Crippen molar-refractivity contribution in [1.29, 1.82) is 0 Å². The summed E-state index contributed by atoms with van der Waals surface area (Å²) in [4.78, 5) is 14.4. The van der Waals surface area contributed by atoms with E-state index in [1.165, 1.54) is 12.0 Å². The average Bonchev–Trinajstić information content (AvgIpc) is 3.00. The Hall–Kier alpha value is -1.77. The summed E-state index contributed by atoms with van der Waals surface area (Å²) in [5, 5.41) is 0. The van der Waals surface area contributed by atoms with Crippen LogP contribution in [0.3, 0.4) is 0 Å². The molecule has 112 valence electrons. The lowest BCUT2D eigenvalue weighted by atomic mass is 10.00. The first-order chi connectivity index (χ1) is 10.3. The van der Waals surface area contributed by atoms with Crippen molar-refractivity contribution in [2.24, 2.45) is 0 Å². The zero-order chi connectivity index (χ0) is 14.7. The van der Waals surface area contributed by atoms with Crippen LogP contribution in [-0.2, 0) is 11.2 Å². The number of hydrogen-bond donors (Lipinski definition) is 0. The molecule has 1 saturated heterocycles. The molecule has 0 aliphatic carbocycles. The van der Waals surface area contributed by atoms with E-state index in [4.69, 9.17) is 4.74 Å². The number of hydrogen-bond acceptors (Lipinski definition) is 2. The minimum absolute atomic E-state index is 0.151. The van der Waals surface area contributed by atoms with Crippen molar-refractivity contribution < 1.29 is 9.53 Å². The van der Waals surface area contributed by atoms with Gasteiger partial charge in [0, 0.05) is 25.1 Å². The van der Waals surface area contributed by atoms with Crippen LogP contribution in [0.15, 0.2) is 24.3 Å². The third kappa shape index (κ3) is 3.12. The fraction of sp³-hybridized carbons (Fsp3) is 0.500. The van der Waals surface area contributed by atoms with Crippen LogP contribution in [0, 0.1) is 0 Å². The molecular formula is C18H23NO2. The van der Waals surface area contributed by atoms with Gasteiger partial charge in [-0.25, -0.2) is 0 Å². The number of benzene rings is 1. The number of nitrogens with zero attached hydrogens (tertiary/aromatic N) is 1. The predicted molar refractivity (Wildman–Crippen MR) is 84.3 cm³/mol. The van der Waals surface area contributed by atoms with Gasteiger partial charge in [0.15, 0.2) is 0 Å². The maximum absolute atomic E-state index is 12.4. The molecule has 0 saturated carbocycles. The van der Waals surface area contributed by atoms with Gasteiger partial charge in [-0.05, 0) is 55.0 Å². The van der Waals surface area contributed by atoms with Crippen molar-refractivity contribution in [3.8, 4) is 5.75 Å². The van der Waals surface area contributed by atoms with Crippen molar-refractivity contribution in [2.75, 3.05) is 13.2 Å². The van der Waals surface area contributed by atoms with Crippen LogP contribution >= 0.6 is 0 Å². The van der Waals surface area contributed by atoms with Crippen LogP contribution in [-0.4, -0.2) is 30.0 Å². The number of carbonyl (C=O) groups is 1. The predicted octanol–water partition coefficient (Wildman–Crippen LogP) is 3.43. The molecule has 2 heterocycles. The van der Waals surface area contributed by atoms with E-state index in [9.17, 15) is 4.79 Å². The summed E-state index contributed by atoms with van der Waals surface area (Å²) in [5.41, 5.74) is 2.33. The highest BCUT2D eigenvalue weighted by Crippen LogP contribution is 2.26. The Balaban J connectivity index is 1.68. The summed E-state index contributed by atoms with van der Waals surface area (Å²) in [5.74, 6) is 1.14. The Morgan fingerprint density at radius 2 is 2.33 bits per heavy atom. The second kappa shape index (κ2) is 6.33. The Kier molecular flexibility index (Phi) is 4.28. The maximum atomic E-state index is 12.4. The lowest BCUT2D eigenvalue weighted by Gasteiger charge is -2.34. The van der Waals surface area contributed by atoms with E-state index in [-0.39, 0.29) is 5.91 Å². The molecule has 1 amide bonds. The molecule has 1 aromatic carbocycles. The topological polar surface area (TPSA) is 29.5 Å². The molecule has 0 spiro atoms. The van der Waals surface area contributed by atoms with Gasteiger partial charge in [-0.3, -0.25) is 4.79 Å². The summed E-state index contributed by atoms with van der Waals surface area (Å²) in [6.45, 7) is 3.84. The van der Waals surface area contributed by atoms with Crippen LogP contribution in [0.4, 0.5) is 0 Å². The second-order valence-corrected chi connectivity index (χ2v) is 5.89. The number of rotatable bonds is 3. The molecule has 1 atom stereocenters. The molecule has 2 aliphatic rings. The highest BCUT2D eigenvalue weighted by Gasteiger charge is 2.23. The van der Waals surface area contributed by atoms with Crippen LogP contribution < -0.4 is 4.74 Å². The zero-order valence-electron chi connectivity index (χ0n) is 12.7. The Morgan fingerprint density at radius 1 is 1.43 bits per heavy atom. The number of fused-ring (bicyclic) bond motifs is 1. The molecular weight excluding hydrogens is 262 g/mol. The van der Waals surface area contributed by atoms with Crippen LogP contribution in [0.25, 0.3) is 6.08 Å². The third-order valence-electron chi connectivity index (χ3n) is 4.51. The molecule has 3 heteroatoms. The molecule has 1 aromatic rings. The zero-order valence-corrected chi connectivity index (χ0v) is 12.7. The quantitative estimate of drug-likeness (QED) is 0.796. The number of ether oxygens (including phenoxy) is 1. The minimum Gasteiger partial charge on any atom is -0.493 e. The molecule has 0 aromatic heterocycles. The first-order valence-electron chi connectivity index (χ1n) is 8.02. The van der Waals surface area contributed by atoms with Crippen LogP contribution in [0.2, 0.25) is 0 Å². The number of likely N-dealkylation sites (tertiary alicyclic amines) is 1. The lowest BCUT2D eigenvalue weighted by Crippen LogP contribution is -2.42. The molecule has 1 fully saturated rings. The molecule has 0 bridgehead atoms. The van der Waals surface area contributed by atoms with Gasteiger partial charge in [-0.15, -0.1) is 0 Å². The second-order valence-electron chi connectivity index (χ2n) is 5.89. The smallest absolute Gasteiger partial charge is 0.246 e. The molecule has 3 rings (SSSR count). The van der Waals surface area contributed by atoms with Gasteiger partial charge < -0.3 is 9.64 Å². The minimum atomic E-state index is 0.151. The van der Waals surface area contributed by atoms with Crippen LogP contribution in [0.5, 0.6) is 5.75 Å². The van der Waals surface area contributed by atoms with Crippen molar-refractivity contribution in [2.45, 2.75) is 45.1 Å². The Bertz CT molecular complexity index is 550. The molecule has 0 N–H and O–H groups in total. The molecule has 3 nitrogen and oxygen atoms in total. The molecule has 21 heavy (non-hydrogen) atoms. The summed E-state index contributed by atoms with van der Waals surface area (Å²) in [7, 11) is 0. The summed E-state index contributed by atoms with van der Waals surface area (Å²) in [6.07, 6.45) is 9.20. The third-order valence-corrected chi connectivity index (χ3v) is 4.51. The van der Waals surface area contributed by atoms with E-state index in [1.54, 1.807) is 6.08 Å². The molecule has 0 radical (unpaired) electrons. The van der Waals surface area contributed by atoms with Crippen molar-refractivity contribution in [3.05, 3.63) is 35.4 Å². The lowest BCUT2D eigenvalue weighted by molar-refractivity contribution is -0.129. The summed E-state index contributed by atoms with van der Waals surface area (Å²) < 4.78 is 5.50. The number of amides is 1. The fourth-order valence-corrected chi connectivity index (χ4v) is 3.29. The van der Waals surface area contributed by atoms with Gasteiger partial charge in [0.25, 0.3) is 0 Å². The van der Waals surface area contributed by atoms with E-state index in [2.05, 4.69) is 13.0 Å². The normalized spacial score (nSPS) is 21.4. The largest absolute Gasteiger partial charge is 0.493 e. The highest BCUT2D eigenvalue weighted by atomic mass is 16.5. The summed E-state index contributed by atoms with van der Waals surface area (Å²) >= 11 is 0. The van der Waals surface area contributed by atoms with Gasteiger partial charge in [-0.1, -0.05) is 13.0 Å². The van der Waals surface area contributed by atoms with E-state index in [0.29, 0.717) is 6.04 Å². The monoisotopic (exact) mass is 285 g/mol. The van der Waals surface area contributed by atoms with Gasteiger partial charge in [-0.2, -0.15) is 0 Å². The van der Waals surface area contributed by atoms with Gasteiger partial charge in [0.1, 0.15) is 5.75 Å². The van der Waals surface area contributed by atoms with Crippen molar-refractivity contribution >= 4 is 12.0 Å². The van der Waals surface area contributed by atoms with E-state index < -0.39 is 0 Å². The van der Waals surface area contributed by atoms with Crippen molar-refractivity contribution in [3.63, 3.8) is 0 Å². The first-order valence-corrected chi connectivity index (χ1v) is 8.02. The van der Waals surface area contributed by atoms with Gasteiger partial charge in [0.05, 0.1) is 6.61 Å². The SMILES string of the molecule is CCC1CCCCN1C(=O)/C=C/c1ccc2c(c1)CCO2. The first kappa shape index (κ1) is 14.2. The highest BCUT2D eigenvalue weighted by molar-refractivity contribution is 5.92. The molecule has 2 aliphatic heterocycles.